The molecule has 0 saturated heterocycles. The molecule has 0 aliphatic rings. The lowest BCUT2D eigenvalue weighted by atomic mass is 10.1. The average Bonchev–Trinajstić information content (AvgIpc) is 3.31. The molecular formula is C24H29N7O. The summed E-state index contributed by atoms with van der Waals surface area (Å²) in [5, 5.41) is 9.99. The Balaban J connectivity index is 0.000000228. The minimum atomic E-state index is -0.182. The van der Waals surface area contributed by atoms with Crippen LogP contribution in [0.2, 0.25) is 0 Å². The Morgan fingerprint density at radius 3 is 2.69 bits per heavy atom. The van der Waals surface area contributed by atoms with Crippen LogP contribution in [0.4, 0.5) is 17.1 Å². The molecule has 0 bridgehead atoms. The van der Waals surface area contributed by atoms with Crippen LogP contribution in [-0.2, 0) is 0 Å². The molecule has 0 radical (unpaired) electrons. The molecule has 0 unspecified atom stereocenters. The van der Waals surface area contributed by atoms with Crippen LogP contribution in [0.3, 0.4) is 0 Å². The standard InChI is InChI=1S/C13H18N4.C11H11N3O/c1-3-4-9(2)13(16)17-11-5-6-12(15)10(7-11)8-14;1-8-3-2-4-9(5-8)14-11(15)10-6-12-7-13-10/h4-8,14H,3,15H2,1-2H3,(H2,16,17);2-7H,1H3,(H,12,13)(H,14,15)/b9-4-,14-8?;. The Kier molecular flexibility index (Phi) is 8.91. The maximum atomic E-state index is 11.6. The molecule has 0 fully saturated rings. The molecule has 1 heterocycles. The Labute approximate surface area is 188 Å². The van der Waals surface area contributed by atoms with Gasteiger partial charge in [-0.3, -0.25) is 4.79 Å². The van der Waals surface area contributed by atoms with Crippen LogP contribution in [0.5, 0.6) is 0 Å². The number of allylic oxidation sites excluding steroid dienone is 1. The monoisotopic (exact) mass is 431 g/mol. The van der Waals surface area contributed by atoms with Crippen LogP contribution in [0.1, 0.15) is 41.9 Å². The number of aromatic nitrogens is 2. The summed E-state index contributed by atoms with van der Waals surface area (Å²) < 4.78 is 0. The van der Waals surface area contributed by atoms with E-state index in [9.17, 15) is 4.79 Å². The molecule has 166 valence electrons. The fourth-order valence-corrected chi connectivity index (χ4v) is 2.70. The van der Waals surface area contributed by atoms with Gasteiger partial charge in [-0.2, -0.15) is 0 Å². The molecule has 0 atom stereocenters. The summed E-state index contributed by atoms with van der Waals surface area (Å²) in [6.07, 6.45) is 7.12. The van der Waals surface area contributed by atoms with Crippen LogP contribution in [-0.4, -0.2) is 27.9 Å². The number of benzene rings is 2. The van der Waals surface area contributed by atoms with Crippen molar-refractivity contribution in [1.82, 2.24) is 9.97 Å². The molecule has 0 aliphatic heterocycles. The van der Waals surface area contributed by atoms with Gasteiger partial charge in [-0.15, -0.1) is 0 Å². The molecule has 2 aromatic carbocycles. The molecule has 1 amide bonds. The predicted octanol–water partition coefficient (Wildman–Crippen LogP) is 4.58. The molecule has 0 spiro atoms. The number of aryl methyl sites for hydroxylation is 1. The zero-order valence-corrected chi connectivity index (χ0v) is 18.5. The van der Waals surface area contributed by atoms with Gasteiger partial charge in [0.05, 0.1) is 18.2 Å². The van der Waals surface area contributed by atoms with Crippen LogP contribution in [0, 0.1) is 12.3 Å². The Morgan fingerprint density at radius 2 is 2.06 bits per heavy atom. The highest BCUT2D eigenvalue weighted by molar-refractivity contribution is 6.02. The van der Waals surface area contributed by atoms with E-state index in [1.807, 2.05) is 51.1 Å². The molecule has 0 aliphatic carbocycles. The SMILES string of the molecule is CC/C=C(/C)C(N)=Nc1ccc(N)c(C=N)c1.Cc1cccc(NC(=O)c2cnc[nH]2)c1. The number of rotatable bonds is 6. The van der Waals surface area contributed by atoms with Gasteiger partial charge in [-0.25, -0.2) is 9.98 Å². The van der Waals surface area contributed by atoms with E-state index in [4.69, 9.17) is 16.9 Å². The number of nitrogens with one attached hydrogen (secondary N) is 3. The summed E-state index contributed by atoms with van der Waals surface area (Å²) in [4.78, 5) is 22.4. The van der Waals surface area contributed by atoms with E-state index < -0.39 is 0 Å². The lowest BCUT2D eigenvalue weighted by Gasteiger charge is -2.03. The van der Waals surface area contributed by atoms with Crippen LogP contribution in [0.25, 0.3) is 0 Å². The molecule has 0 saturated carbocycles. The van der Waals surface area contributed by atoms with Crippen LogP contribution < -0.4 is 16.8 Å². The van der Waals surface area contributed by atoms with Crippen molar-refractivity contribution >= 4 is 35.0 Å². The van der Waals surface area contributed by atoms with Crippen molar-refractivity contribution < 1.29 is 4.79 Å². The second kappa shape index (κ2) is 11.8. The molecule has 1 aromatic heterocycles. The fraction of sp³-hybridized carbons (Fsp3) is 0.167. The molecule has 8 nitrogen and oxygen atoms in total. The highest BCUT2D eigenvalue weighted by atomic mass is 16.1. The second-order valence-corrected chi connectivity index (χ2v) is 7.04. The van der Waals surface area contributed by atoms with E-state index in [0.717, 1.165) is 23.2 Å². The van der Waals surface area contributed by atoms with Gasteiger partial charge >= 0.3 is 0 Å². The topological polar surface area (TPSA) is 146 Å². The predicted molar refractivity (Wildman–Crippen MR) is 132 cm³/mol. The third-order valence-electron chi connectivity index (χ3n) is 4.41. The van der Waals surface area contributed by atoms with Gasteiger partial charge in [0, 0.05) is 23.2 Å². The number of H-pyrrole nitrogens is 1. The van der Waals surface area contributed by atoms with Crippen molar-refractivity contribution in [2.45, 2.75) is 27.2 Å². The molecule has 8 heteroatoms. The van der Waals surface area contributed by atoms with Gasteiger partial charge < -0.3 is 27.2 Å². The summed E-state index contributed by atoms with van der Waals surface area (Å²) in [6.45, 7) is 5.95. The lowest BCUT2D eigenvalue weighted by molar-refractivity contribution is 0.102. The van der Waals surface area contributed by atoms with Crippen LogP contribution in [0.15, 0.2) is 71.6 Å². The normalized spacial score (nSPS) is 11.3. The number of anilines is 2. The number of nitrogen functional groups attached to an aromatic ring is 1. The van der Waals surface area contributed by atoms with E-state index in [2.05, 4.69) is 20.3 Å². The van der Waals surface area contributed by atoms with E-state index >= 15 is 0 Å². The molecule has 3 rings (SSSR count). The summed E-state index contributed by atoms with van der Waals surface area (Å²) in [7, 11) is 0. The average molecular weight is 432 g/mol. The Morgan fingerprint density at radius 1 is 1.28 bits per heavy atom. The number of aromatic amines is 1. The molecular weight excluding hydrogens is 402 g/mol. The van der Waals surface area contributed by atoms with Crippen molar-refractivity contribution in [3.05, 3.63) is 83.5 Å². The van der Waals surface area contributed by atoms with Gasteiger partial charge in [-0.1, -0.05) is 25.1 Å². The number of hydrogen-bond acceptors (Lipinski definition) is 5. The van der Waals surface area contributed by atoms with Gasteiger partial charge in [0.15, 0.2) is 0 Å². The minimum absolute atomic E-state index is 0.182. The minimum Gasteiger partial charge on any atom is -0.398 e. The Bertz CT molecular complexity index is 1120. The molecule has 32 heavy (non-hydrogen) atoms. The quantitative estimate of drug-likeness (QED) is 0.221. The summed E-state index contributed by atoms with van der Waals surface area (Å²) in [5.74, 6) is 0.311. The number of amides is 1. The van der Waals surface area contributed by atoms with Gasteiger partial charge in [0.25, 0.3) is 5.91 Å². The summed E-state index contributed by atoms with van der Waals surface area (Å²) in [6, 6.07) is 12.9. The number of nitrogens with two attached hydrogens (primary N) is 2. The fourth-order valence-electron chi connectivity index (χ4n) is 2.70. The first-order chi connectivity index (χ1) is 15.3. The third kappa shape index (κ3) is 7.24. The number of hydrogen-bond donors (Lipinski definition) is 5. The number of imidazole rings is 1. The highest BCUT2D eigenvalue weighted by Gasteiger charge is 2.06. The largest absolute Gasteiger partial charge is 0.398 e. The molecule has 3 aromatic rings. The van der Waals surface area contributed by atoms with E-state index in [1.165, 1.54) is 18.7 Å². The summed E-state index contributed by atoms with van der Waals surface area (Å²) in [5.41, 5.74) is 16.8. The van der Waals surface area contributed by atoms with Gasteiger partial charge in [-0.05, 0) is 61.7 Å². The van der Waals surface area contributed by atoms with E-state index in [1.54, 1.807) is 18.2 Å². The smallest absolute Gasteiger partial charge is 0.273 e. The molecule has 7 N–H and O–H groups in total. The Hall–Kier alpha value is -4.20. The third-order valence-corrected chi connectivity index (χ3v) is 4.41. The first kappa shape index (κ1) is 24.1. The number of aliphatic imine (C=N–C) groups is 1. The van der Waals surface area contributed by atoms with Gasteiger partial charge in [0.2, 0.25) is 0 Å². The van der Waals surface area contributed by atoms with Crippen molar-refractivity contribution in [2.24, 2.45) is 10.7 Å². The second-order valence-electron chi connectivity index (χ2n) is 7.04. The van der Waals surface area contributed by atoms with E-state index in [-0.39, 0.29) is 5.91 Å². The van der Waals surface area contributed by atoms with Crippen molar-refractivity contribution in [1.29, 1.82) is 5.41 Å². The number of nitrogens with zero attached hydrogens (tertiary/aromatic N) is 2. The van der Waals surface area contributed by atoms with E-state index in [0.29, 0.717) is 28.5 Å². The number of carbonyl (C=O) groups is 1. The van der Waals surface area contributed by atoms with Crippen molar-refractivity contribution in [3.8, 4) is 0 Å². The maximum Gasteiger partial charge on any atom is 0.273 e. The van der Waals surface area contributed by atoms with Crippen molar-refractivity contribution in [2.75, 3.05) is 11.1 Å². The van der Waals surface area contributed by atoms with Gasteiger partial charge in [0.1, 0.15) is 11.5 Å². The van der Waals surface area contributed by atoms with Crippen LogP contribution >= 0.6 is 0 Å². The number of carbonyl (C=O) groups excluding carboxylic acids is 1. The first-order valence-corrected chi connectivity index (χ1v) is 10.1. The zero-order valence-electron chi connectivity index (χ0n) is 18.5. The number of amidine groups is 1. The zero-order chi connectivity index (χ0) is 23.5. The lowest BCUT2D eigenvalue weighted by Crippen LogP contribution is -2.12. The highest BCUT2D eigenvalue weighted by Crippen LogP contribution is 2.19. The maximum absolute atomic E-state index is 11.6. The first-order valence-electron chi connectivity index (χ1n) is 10.1. The summed E-state index contributed by atoms with van der Waals surface area (Å²) >= 11 is 0. The van der Waals surface area contributed by atoms with Crippen molar-refractivity contribution in [3.63, 3.8) is 0 Å².